The highest BCUT2D eigenvalue weighted by Crippen LogP contribution is 2.18. The molecule has 0 saturated carbocycles. The zero-order valence-corrected chi connectivity index (χ0v) is 21.0. The summed E-state index contributed by atoms with van der Waals surface area (Å²) in [5.74, 6) is 1.54. The summed E-state index contributed by atoms with van der Waals surface area (Å²) >= 11 is 0. The van der Waals surface area contributed by atoms with E-state index in [1.165, 1.54) is 11.3 Å². The second-order valence-corrected chi connectivity index (χ2v) is 8.27. The number of benzene rings is 1. The molecule has 0 aliphatic carbocycles. The Balaban J connectivity index is 0.00000320. The van der Waals surface area contributed by atoms with Gasteiger partial charge >= 0.3 is 0 Å². The predicted octanol–water partition coefficient (Wildman–Crippen LogP) is 3.09. The van der Waals surface area contributed by atoms with E-state index < -0.39 is 0 Å². The van der Waals surface area contributed by atoms with E-state index in [2.05, 4.69) is 77.6 Å². The maximum atomic E-state index is 5.95. The van der Waals surface area contributed by atoms with Gasteiger partial charge in [0.25, 0.3) is 0 Å². The quantitative estimate of drug-likeness (QED) is 0.236. The Morgan fingerprint density at radius 2 is 1.90 bits per heavy atom. The average molecular weight is 527 g/mol. The molecule has 2 N–H and O–H groups in total. The summed E-state index contributed by atoms with van der Waals surface area (Å²) in [6, 6.07) is 8.73. The van der Waals surface area contributed by atoms with Gasteiger partial charge in [-0.3, -0.25) is 4.90 Å². The summed E-state index contributed by atoms with van der Waals surface area (Å²) in [6.07, 6.45) is 4.63. The lowest BCUT2D eigenvalue weighted by Gasteiger charge is -2.34. The Morgan fingerprint density at radius 3 is 2.57 bits per heavy atom. The van der Waals surface area contributed by atoms with E-state index >= 15 is 0 Å². The highest BCUT2D eigenvalue weighted by molar-refractivity contribution is 14.0. The molecular formula is C23H38IN5O. The number of aliphatic imine (C=N–C) groups is 1. The summed E-state index contributed by atoms with van der Waals surface area (Å²) in [7, 11) is 0. The molecule has 0 amide bonds. The molecule has 0 aromatic heterocycles. The van der Waals surface area contributed by atoms with Crippen LogP contribution in [-0.2, 0) is 11.3 Å². The van der Waals surface area contributed by atoms with Gasteiger partial charge in [0.2, 0.25) is 0 Å². The fraction of sp³-hybridized carbons (Fsp3) is 0.609. The van der Waals surface area contributed by atoms with Crippen LogP contribution in [0.1, 0.15) is 26.3 Å². The predicted molar refractivity (Wildman–Crippen MR) is 137 cm³/mol. The third-order valence-electron chi connectivity index (χ3n) is 5.23. The van der Waals surface area contributed by atoms with Crippen molar-refractivity contribution in [2.24, 2.45) is 10.9 Å². The number of nitrogens with zero attached hydrogens (tertiary/aromatic N) is 3. The molecule has 1 aromatic carbocycles. The second-order valence-electron chi connectivity index (χ2n) is 8.27. The number of halogens is 1. The molecule has 2 heterocycles. The van der Waals surface area contributed by atoms with Gasteiger partial charge in [0, 0.05) is 51.5 Å². The Bertz CT molecular complexity index is 669. The highest BCUT2D eigenvalue weighted by atomic mass is 127. The van der Waals surface area contributed by atoms with E-state index in [4.69, 9.17) is 9.73 Å². The molecule has 1 saturated heterocycles. The van der Waals surface area contributed by atoms with E-state index in [9.17, 15) is 0 Å². The largest absolute Gasteiger partial charge is 0.374 e. The highest BCUT2D eigenvalue weighted by Gasteiger charge is 2.21. The first-order valence-corrected chi connectivity index (χ1v) is 11.0. The van der Waals surface area contributed by atoms with Gasteiger partial charge in [-0.2, -0.15) is 0 Å². The van der Waals surface area contributed by atoms with Gasteiger partial charge in [0.15, 0.2) is 5.96 Å². The third-order valence-corrected chi connectivity index (χ3v) is 5.23. The van der Waals surface area contributed by atoms with Crippen LogP contribution in [0, 0.1) is 5.92 Å². The molecule has 0 radical (unpaired) electrons. The fourth-order valence-electron chi connectivity index (χ4n) is 3.81. The lowest BCUT2D eigenvalue weighted by atomic mass is 10.2. The van der Waals surface area contributed by atoms with Crippen molar-refractivity contribution in [1.29, 1.82) is 0 Å². The molecule has 6 nitrogen and oxygen atoms in total. The van der Waals surface area contributed by atoms with E-state index in [1.54, 1.807) is 0 Å². The molecule has 1 unspecified atom stereocenters. The fourth-order valence-corrected chi connectivity index (χ4v) is 3.81. The van der Waals surface area contributed by atoms with Crippen molar-refractivity contribution >= 4 is 35.6 Å². The molecule has 1 atom stereocenters. The number of morpholine rings is 1. The van der Waals surface area contributed by atoms with Crippen molar-refractivity contribution in [2.45, 2.75) is 33.4 Å². The molecule has 7 heteroatoms. The molecule has 0 bridgehead atoms. The monoisotopic (exact) mass is 527 g/mol. The van der Waals surface area contributed by atoms with E-state index in [0.717, 1.165) is 58.4 Å². The minimum absolute atomic E-state index is 0. The van der Waals surface area contributed by atoms with Gasteiger partial charge < -0.3 is 20.3 Å². The molecule has 2 aliphatic heterocycles. The van der Waals surface area contributed by atoms with Gasteiger partial charge in [-0.15, -0.1) is 24.0 Å². The Morgan fingerprint density at radius 1 is 1.17 bits per heavy atom. The molecule has 3 rings (SSSR count). The molecule has 30 heavy (non-hydrogen) atoms. The molecule has 1 aromatic rings. The number of nitrogens with one attached hydrogen (secondary N) is 2. The van der Waals surface area contributed by atoms with Crippen LogP contribution in [0.2, 0.25) is 0 Å². The zero-order valence-electron chi connectivity index (χ0n) is 18.6. The minimum Gasteiger partial charge on any atom is -0.374 e. The van der Waals surface area contributed by atoms with Crippen LogP contribution in [0.3, 0.4) is 0 Å². The van der Waals surface area contributed by atoms with Crippen LogP contribution in [0.15, 0.2) is 41.4 Å². The van der Waals surface area contributed by atoms with E-state index in [0.29, 0.717) is 12.5 Å². The Kier molecular flexibility index (Phi) is 11.0. The molecule has 0 spiro atoms. The van der Waals surface area contributed by atoms with Crippen LogP contribution in [0.25, 0.3) is 0 Å². The average Bonchev–Trinajstić information content (AvgIpc) is 3.25. The van der Waals surface area contributed by atoms with Crippen molar-refractivity contribution in [3.8, 4) is 0 Å². The summed E-state index contributed by atoms with van der Waals surface area (Å²) in [4.78, 5) is 9.62. The first-order valence-electron chi connectivity index (χ1n) is 11.0. The van der Waals surface area contributed by atoms with E-state index in [-0.39, 0.29) is 30.1 Å². The van der Waals surface area contributed by atoms with Gasteiger partial charge in [0.05, 0.1) is 19.3 Å². The number of hydrogen-bond acceptors (Lipinski definition) is 4. The van der Waals surface area contributed by atoms with Crippen LogP contribution < -0.4 is 15.5 Å². The maximum absolute atomic E-state index is 5.95. The number of anilines is 1. The number of rotatable bonds is 8. The van der Waals surface area contributed by atoms with Crippen molar-refractivity contribution < 1.29 is 4.74 Å². The summed E-state index contributed by atoms with van der Waals surface area (Å²) in [5, 5.41) is 6.81. The van der Waals surface area contributed by atoms with Crippen molar-refractivity contribution in [2.75, 3.05) is 57.3 Å². The minimum atomic E-state index is 0. The molecular weight excluding hydrogens is 489 g/mol. The lowest BCUT2D eigenvalue weighted by molar-refractivity contribution is -0.0284. The Hall–Kier alpha value is -1.32. The summed E-state index contributed by atoms with van der Waals surface area (Å²) in [6.45, 7) is 14.9. The first kappa shape index (κ1) is 24.9. The lowest BCUT2D eigenvalue weighted by Crippen LogP contribution is -2.50. The molecule has 2 aliphatic rings. The molecule has 1 fully saturated rings. The number of hydrogen-bond donors (Lipinski definition) is 2. The van der Waals surface area contributed by atoms with E-state index in [1.807, 2.05) is 0 Å². The number of ether oxygens (including phenoxy) is 1. The first-order chi connectivity index (χ1) is 14.1. The topological polar surface area (TPSA) is 52.1 Å². The smallest absolute Gasteiger partial charge is 0.191 e. The zero-order chi connectivity index (χ0) is 20.5. The van der Waals surface area contributed by atoms with Crippen LogP contribution >= 0.6 is 24.0 Å². The van der Waals surface area contributed by atoms with Crippen LogP contribution in [0.5, 0.6) is 0 Å². The van der Waals surface area contributed by atoms with Crippen LogP contribution in [0.4, 0.5) is 5.69 Å². The second kappa shape index (κ2) is 13.2. The normalized spacial score (nSPS) is 19.8. The SMILES string of the molecule is CCNC(=NCc1ccc(N2CC=CC2)cc1)NCC1CN(CC(C)C)CCO1.I. The summed E-state index contributed by atoms with van der Waals surface area (Å²) in [5.41, 5.74) is 2.49. The van der Waals surface area contributed by atoms with Crippen LogP contribution in [-0.4, -0.2) is 69.4 Å². The third kappa shape index (κ3) is 8.07. The summed E-state index contributed by atoms with van der Waals surface area (Å²) < 4.78 is 5.95. The molecule has 168 valence electrons. The standard InChI is InChI=1S/C23H37N5O.HI/c1-4-24-23(26-16-22-18-27(13-14-29-22)17-19(2)3)25-15-20-7-9-21(10-8-20)28-11-5-6-12-28;/h5-10,19,22H,4,11-18H2,1-3H3,(H2,24,25,26);1H. The van der Waals surface area contributed by atoms with Crippen molar-refractivity contribution in [3.05, 3.63) is 42.0 Å². The van der Waals surface area contributed by atoms with Gasteiger partial charge in [-0.1, -0.05) is 38.1 Å². The Labute approximate surface area is 199 Å². The maximum Gasteiger partial charge on any atom is 0.191 e. The van der Waals surface area contributed by atoms with Gasteiger partial charge in [-0.25, -0.2) is 4.99 Å². The van der Waals surface area contributed by atoms with Gasteiger partial charge in [0.1, 0.15) is 0 Å². The number of guanidine groups is 1. The van der Waals surface area contributed by atoms with Crippen molar-refractivity contribution in [3.63, 3.8) is 0 Å². The van der Waals surface area contributed by atoms with Gasteiger partial charge in [-0.05, 0) is 30.5 Å². The van der Waals surface area contributed by atoms with Crippen molar-refractivity contribution in [1.82, 2.24) is 15.5 Å².